The van der Waals surface area contributed by atoms with Gasteiger partial charge in [-0.3, -0.25) is 4.98 Å². The van der Waals surface area contributed by atoms with E-state index in [9.17, 15) is 8.42 Å². The maximum absolute atomic E-state index is 12.6. The highest BCUT2D eigenvalue weighted by Crippen LogP contribution is 2.36. The third-order valence-corrected chi connectivity index (χ3v) is 7.31. The molecular formula is C27H25N5O4S. The highest BCUT2D eigenvalue weighted by atomic mass is 32.2. The Hall–Kier alpha value is -4.28. The monoisotopic (exact) mass is 515 g/mol. The molecule has 0 atom stereocenters. The Morgan fingerprint density at radius 1 is 0.838 bits per heavy atom. The molecule has 2 heterocycles. The first-order valence-electron chi connectivity index (χ1n) is 11.6. The van der Waals surface area contributed by atoms with Gasteiger partial charge in [-0.05, 0) is 30.3 Å². The molecule has 0 bridgehead atoms. The Labute approximate surface area is 214 Å². The van der Waals surface area contributed by atoms with Crippen LogP contribution >= 0.6 is 0 Å². The Morgan fingerprint density at radius 3 is 2.38 bits per heavy atom. The molecule has 3 aromatic carbocycles. The van der Waals surface area contributed by atoms with E-state index < -0.39 is 10.0 Å². The molecule has 0 fully saturated rings. The molecule has 0 radical (unpaired) electrons. The third kappa shape index (κ3) is 5.02. The highest BCUT2D eigenvalue weighted by molar-refractivity contribution is 7.89. The zero-order valence-corrected chi connectivity index (χ0v) is 21.1. The number of hydrogen-bond acceptors (Lipinski definition) is 8. The molecule has 2 aromatic heterocycles. The predicted molar refractivity (Wildman–Crippen MR) is 143 cm³/mol. The SMILES string of the molecule is COc1cc2nc(-c3cccc4cccnc34)nc(NCCNS(=O)(=O)c3ccccc3)c2cc1OC. The van der Waals surface area contributed by atoms with Gasteiger partial charge < -0.3 is 14.8 Å². The summed E-state index contributed by atoms with van der Waals surface area (Å²) in [5.41, 5.74) is 2.21. The predicted octanol–water partition coefficient (Wildman–Crippen LogP) is 4.25. The van der Waals surface area contributed by atoms with E-state index in [-0.39, 0.29) is 11.4 Å². The second kappa shape index (κ2) is 10.4. The molecule has 188 valence electrons. The summed E-state index contributed by atoms with van der Waals surface area (Å²) in [7, 11) is -0.490. The fourth-order valence-corrected chi connectivity index (χ4v) is 5.10. The van der Waals surface area contributed by atoms with E-state index in [2.05, 4.69) is 15.0 Å². The van der Waals surface area contributed by atoms with Gasteiger partial charge >= 0.3 is 0 Å². The standard InChI is InChI=1S/C27H25N5O4S/c1-35-23-16-21-22(17-24(23)36-2)31-27(20-12-6-8-18-9-7-13-28-25(18)20)32-26(21)29-14-15-30-37(33,34)19-10-4-3-5-11-19/h3-13,16-17,30H,14-15H2,1-2H3,(H,29,31,32). The van der Waals surface area contributed by atoms with Crippen molar-refractivity contribution in [3.8, 4) is 22.9 Å². The number of aromatic nitrogens is 3. The van der Waals surface area contributed by atoms with Crippen LogP contribution in [0.3, 0.4) is 0 Å². The van der Waals surface area contributed by atoms with Gasteiger partial charge in [-0.25, -0.2) is 23.1 Å². The number of pyridine rings is 1. The van der Waals surface area contributed by atoms with E-state index in [0.717, 1.165) is 16.5 Å². The zero-order chi connectivity index (χ0) is 25.8. The first-order valence-corrected chi connectivity index (χ1v) is 13.0. The molecule has 0 saturated heterocycles. The number of hydrogen-bond donors (Lipinski definition) is 2. The van der Waals surface area contributed by atoms with Gasteiger partial charge in [-0.15, -0.1) is 0 Å². The van der Waals surface area contributed by atoms with Crippen molar-refractivity contribution in [2.24, 2.45) is 0 Å². The van der Waals surface area contributed by atoms with Gasteiger partial charge in [0.2, 0.25) is 10.0 Å². The van der Waals surface area contributed by atoms with Gasteiger partial charge in [0, 0.05) is 41.7 Å². The lowest BCUT2D eigenvalue weighted by atomic mass is 10.1. The summed E-state index contributed by atoms with van der Waals surface area (Å²) < 4.78 is 38.7. The van der Waals surface area contributed by atoms with Gasteiger partial charge in [-0.2, -0.15) is 0 Å². The van der Waals surface area contributed by atoms with E-state index in [1.807, 2.05) is 30.3 Å². The Balaban J connectivity index is 1.51. The summed E-state index contributed by atoms with van der Waals surface area (Å²) >= 11 is 0. The number of fused-ring (bicyclic) bond motifs is 2. The molecule has 0 saturated carbocycles. The summed E-state index contributed by atoms with van der Waals surface area (Å²) in [6, 6.07) is 21.6. The van der Waals surface area contributed by atoms with Crippen molar-refractivity contribution < 1.29 is 17.9 Å². The van der Waals surface area contributed by atoms with Crippen LogP contribution in [0.2, 0.25) is 0 Å². The van der Waals surface area contributed by atoms with Crippen LogP contribution in [0.15, 0.2) is 83.9 Å². The van der Waals surface area contributed by atoms with Crippen molar-refractivity contribution in [1.82, 2.24) is 19.7 Å². The van der Waals surface area contributed by atoms with Crippen molar-refractivity contribution in [2.75, 3.05) is 32.6 Å². The molecule has 9 nitrogen and oxygen atoms in total. The quantitative estimate of drug-likeness (QED) is 0.280. The van der Waals surface area contributed by atoms with Crippen LogP contribution in [-0.4, -0.2) is 50.7 Å². The van der Waals surface area contributed by atoms with Crippen LogP contribution in [0.4, 0.5) is 5.82 Å². The summed E-state index contributed by atoms with van der Waals surface area (Å²) in [6.07, 6.45) is 1.73. The van der Waals surface area contributed by atoms with E-state index >= 15 is 0 Å². The Morgan fingerprint density at radius 2 is 1.59 bits per heavy atom. The average molecular weight is 516 g/mol. The van der Waals surface area contributed by atoms with E-state index in [1.165, 1.54) is 0 Å². The number of methoxy groups -OCH3 is 2. The lowest BCUT2D eigenvalue weighted by Gasteiger charge is -2.15. The molecule has 0 spiro atoms. The molecule has 0 aliphatic rings. The van der Waals surface area contributed by atoms with Crippen molar-refractivity contribution in [3.63, 3.8) is 0 Å². The number of ether oxygens (including phenoxy) is 2. The largest absolute Gasteiger partial charge is 0.493 e. The van der Waals surface area contributed by atoms with Gasteiger partial charge in [-0.1, -0.05) is 36.4 Å². The molecule has 0 aliphatic heterocycles. The van der Waals surface area contributed by atoms with Crippen molar-refractivity contribution in [3.05, 3.63) is 79.0 Å². The van der Waals surface area contributed by atoms with Gasteiger partial charge in [0.15, 0.2) is 17.3 Å². The number of anilines is 1. The van der Waals surface area contributed by atoms with E-state index in [0.29, 0.717) is 40.6 Å². The fraction of sp³-hybridized carbons (Fsp3) is 0.148. The van der Waals surface area contributed by atoms with E-state index in [1.54, 1.807) is 62.9 Å². The molecule has 0 aliphatic carbocycles. The van der Waals surface area contributed by atoms with Crippen LogP contribution < -0.4 is 19.5 Å². The number of benzene rings is 3. The van der Waals surface area contributed by atoms with Crippen LogP contribution in [0, 0.1) is 0 Å². The average Bonchev–Trinajstić information content (AvgIpc) is 2.94. The minimum Gasteiger partial charge on any atom is -0.493 e. The number of nitrogens with zero attached hydrogens (tertiary/aromatic N) is 3. The topological polar surface area (TPSA) is 115 Å². The third-order valence-electron chi connectivity index (χ3n) is 5.84. The van der Waals surface area contributed by atoms with Crippen molar-refractivity contribution in [2.45, 2.75) is 4.90 Å². The molecule has 10 heteroatoms. The lowest BCUT2D eigenvalue weighted by molar-refractivity contribution is 0.356. The molecule has 2 N–H and O–H groups in total. The first kappa shape index (κ1) is 24.4. The van der Waals surface area contributed by atoms with Gasteiger partial charge in [0.25, 0.3) is 0 Å². The molecular weight excluding hydrogens is 490 g/mol. The minimum atomic E-state index is -3.62. The molecule has 0 unspecified atom stereocenters. The second-order valence-electron chi connectivity index (χ2n) is 8.14. The number of rotatable bonds is 9. The summed E-state index contributed by atoms with van der Waals surface area (Å²) in [5.74, 6) is 2.09. The maximum atomic E-state index is 12.6. The molecule has 5 aromatic rings. The first-order chi connectivity index (χ1) is 18.0. The number of para-hydroxylation sites is 1. The zero-order valence-electron chi connectivity index (χ0n) is 20.3. The smallest absolute Gasteiger partial charge is 0.240 e. The fourth-order valence-electron chi connectivity index (χ4n) is 4.04. The van der Waals surface area contributed by atoms with Gasteiger partial charge in [0.1, 0.15) is 5.82 Å². The van der Waals surface area contributed by atoms with Crippen LogP contribution in [0.25, 0.3) is 33.2 Å². The summed E-state index contributed by atoms with van der Waals surface area (Å²) in [4.78, 5) is 14.4. The van der Waals surface area contributed by atoms with E-state index in [4.69, 9.17) is 19.4 Å². The summed E-state index contributed by atoms with van der Waals surface area (Å²) in [5, 5.41) is 4.95. The molecule has 37 heavy (non-hydrogen) atoms. The normalized spacial score (nSPS) is 11.5. The van der Waals surface area contributed by atoms with Crippen molar-refractivity contribution >= 4 is 37.6 Å². The van der Waals surface area contributed by atoms with Gasteiger partial charge in [0.05, 0.1) is 30.1 Å². The van der Waals surface area contributed by atoms with Crippen LogP contribution in [0.1, 0.15) is 0 Å². The Bertz CT molecular complexity index is 1670. The van der Waals surface area contributed by atoms with Crippen molar-refractivity contribution in [1.29, 1.82) is 0 Å². The molecule has 0 amide bonds. The maximum Gasteiger partial charge on any atom is 0.240 e. The van der Waals surface area contributed by atoms with Crippen LogP contribution in [0.5, 0.6) is 11.5 Å². The Kier molecular flexibility index (Phi) is 6.85. The second-order valence-corrected chi connectivity index (χ2v) is 9.91. The molecule has 5 rings (SSSR count). The van der Waals surface area contributed by atoms with Crippen LogP contribution in [-0.2, 0) is 10.0 Å². The number of sulfonamides is 1. The number of nitrogens with one attached hydrogen (secondary N) is 2. The minimum absolute atomic E-state index is 0.154. The highest BCUT2D eigenvalue weighted by Gasteiger charge is 2.17. The summed E-state index contributed by atoms with van der Waals surface area (Å²) in [6.45, 7) is 0.445. The lowest BCUT2D eigenvalue weighted by Crippen LogP contribution is -2.29.